The number of ether oxygens (including phenoxy) is 2. The van der Waals surface area contributed by atoms with E-state index in [1.54, 1.807) is 0 Å². The predicted octanol–water partition coefficient (Wildman–Crippen LogP) is 1.83. The number of nitrogens with two attached hydrogens (primary N) is 1. The summed E-state index contributed by atoms with van der Waals surface area (Å²) in [5.41, 5.74) is 7.24. The van der Waals surface area contributed by atoms with Gasteiger partial charge in [-0.2, -0.15) is 0 Å². The Morgan fingerprint density at radius 3 is 2.93 bits per heavy atom. The average molecular weight is 191 g/mol. The van der Waals surface area contributed by atoms with Gasteiger partial charge < -0.3 is 15.2 Å². The molecule has 0 amide bonds. The van der Waals surface area contributed by atoms with E-state index in [0.29, 0.717) is 12.7 Å². The van der Waals surface area contributed by atoms with Gasteiger partial charge in [-0.1, -0.05) is 12.1 Å². The number of rotatable bonds is 2. The molecule has 3 rings (SSSR count). The van der Waals surface area contributed by atoms with E-state index < -0.39 is 0 Å². The van der Waals surface area contributed by atoms with E-state index in [1.807, 2.05) is 18.2 Å². The summed E-state index contributed by atoms with van der Waals surface area (Å²) in [6.07, 6.45) is 2.48. The lowest BCUT2D eigenvalue weighted by molar-refractivity contribution is 0.173. The Hall–Kier alpha value is -1.22. The average Bonchev–Trinajstić information content (AvgIpc) is 2.94. The Morgan fingerprint density at radius 2 is 2.14 bits per heavy atom. The number of hydrogen-bond acceptors (Lipinski definition) is 3. The monoisotopic (exact) mass is 191 g/mol. The van der Waals surface area contributed by atoms with Crippen molar-refractivity contribution in [2.45, 2.75) is 18.9 Å². The Bertz CT molecular complexity index is 360. The predicted molar refractivity (Wildman–Crippen MR) is 52.2 cm³/mol. The third kappa shape index (κ3) is 1.16. The molecular weight excluding hydrogens is 178 g/mol. The van der Waals surface area contributed by atoms with Gasteiger partial charge in [-0.25, -0.2) is 0 Å². The molecule has 0 saturated heterocycles. The maximum absolute atomic E-state index is 6.14. The van der Waals surface area contributed by atoms with E-state index in [9.17, 15) is 0 Å². The highest BCUT2D eigenvalue weighted by Gasteiger charge is 2.32. The molecule has 0 bridgehead atoms. The van der Waals surface area contributed by atoms with Crippen molar-refractivity contribution in [3.05, 3.63) is 23.8 Å². The van der Waals surface area contributed by atoms with E-state index in [1.165, 1.54) is 12.8 Å². The number of fused-ring (bicyclic) bond motifs is 1. The van der Waals surface area contributed by atoms with Gasteiger partial charge in [0.15, 0.2) is 11.5 Å². The first-order chi connectivity index (χ1) is 6.86. The van der Waals surface area contributed by atoms with E-state index in [4.69, 9.17) is 15.2 Å². The highest BCUT2D eigenvalue weighted by atomic mass is 16.7. The topological polar surface area (TPSA) is 44.5 Å². The molecule has 0 radical (unpaired) electrons. The zero-order valence-electron chi connectivity index (χ0n) is 7.90. The second kappa shape index (κ2) is 2.89. The van der Waals surface area contributed by atoms with E-state index in [2.05, 4.69) is 0 Å². The maximum atomic E-state index is 6.14. The summed E-state index contributed by atoms with van der Waals surface area (Å²) in [6.45, 7) is 0.323. The molecule has 1 aromatic rings. The summed E-state index contributed by atoms with van der Waals surface area (Å²) < 4.78 is 10.7. The molecule has 1 aliphatic carbocycles. The van der Waals surface area contributed by atoms with Crippen LogP contribution in [0, 0.1) is 5.92 Å². The fraction of sp³-hybridized carbons (Fsp3) is 0.455. The minimum Gasteiger partial charge on any atom is -0.454 e. The molecule has 2 N–H and O–H groups in total. The van der Waals surface area contributed by atoms with E-state index in [-0.39, 0.29) is 6.04 Å². The Morgan fingerprint density at radius 1 is 1.29 bits per heavy atom. The lowest BCUT2D eigenvalue weighted by Gasteiger charge is -2.12. The van der Waals surface area contributed by atoms with E-state index >= 15 is 0 Å². The Kier molecular flexibility index (Phi) is 1.67. The van der Waals surface area contributed by atoms with Crippen LogP contribution in [-0.4, -0.2) is 6.79 Å². The third-order valence-corrected chi connectivity index (χ3v) is 2.92. The number of benzene rings is 1. The van der Waals surface area contributed by atoms with Crippen molar-refractivity contribution in [2.24, 2.45) is 11.7 Å². The molecular formula is C11H13NO2. The van der Waals surface area contributed by atoms with Crippen LogP contribution < -0.4 is 15.2 Å². The maximum Gasteiger partial charge on any atom is 0.231 e. The van der Waals surface area contributed by atoms with Crippen LogP contribution in [0.1, 0.15) is 24.4 Å². The van der Waals surface area contributed by atoms with Gasteiger partial charge in [0.05, 0.1) is 0 Å². The molecule has 3 heteroatoms. The summed E-state index contributed by atoms with van der Waals surface area (Å²) in [6, 6.07) is 6.05. The van der Waals surface area contributed by atoms with Crippen LogP contribution in [0.15, 0.2) is 18.2 Å². The lowest BCUT2D eigenvalue weighted by atomic mass is 10.0. The third-order valence-electron chi connectivity index (χ3n) is 2.92. The van der Waals surface area contributed by atoms with Gasteiger partial charge in [-0.15, -0.1) is 0 Å². The summed E-state index contributed by atoms with van der Waals surface area (Å²) in [4.78, 5) is 0. The van der Waals surface area contributed by atoms with Crippen molar-refractivity contribution in [3.8, 4) is 11.5 Å². The van der Waals surface area contributed by atoms with Gasteiger partial charge in [-0.3, -0.25) is 0 Å². The number of hydrogen-bond donors (Lipinski definition) is 1. The highest BCUT2D eigenvalue weighted by Crippen LogP contribution is 2.45. The lowest BCUT2D eigenvalue weighted by Crippen LogP contribution is -2.13. The van der Waals surface area contributed by atoms with Crippen LogP contribution in [0.25, 0.3) is 0 Å². The summed E-state index contributed by atoms with van der Waals surface area (Å²) in [7, 11) is 0. The summed E-state index contributed by atoms with van der Waals surface area (Å²) >= 11 is 0. The molecule has 0 unspecified atom stereocenters. The van der Waals surface area contributed by atoms with Crippen molar-refractivity contribution in [1.82, 2.24) is 0 Å². The zero-order chi connectivity index (χ0) is 9.54. The standard InChI is InChI=1S/C11H13NO2/c12-10(7-4-5-7)8-2-1-3-9-11(8)14-6-13-9/h1-3,7,10H,4-6,12H2/t10-/m0/s1. The van der Waals surface area contributed by atoms with Gasteiger partial charge in [0.1, 0.15) is 0 Å². The van der Waals surface area contributed by atoms with Gasteiger partial charge >= 0.3 is 0 Å². The Labute approximate surface area is 82.8 Å². The summed E-state index contributed by atoms with van der Waals surface area (Å²) in [5.74, 6) is 2.33. The van der Waals surface area contributed by atoms with Gasteiger partial charge in [0.2, 0.25) is 6.79 Å². The molecule has 1 aliphatic heterocycles. The molecule has 0 spiro atoms. The van der Waals surface area contributed by atoms with Crippen LogP contribution in [0.2, 0.25) is 0 Å². The molecule has 74 valence electrons. The molecule has 1 saturated carbocycles. The zero-order valence-corrected chi connectivity index (χ0v) is 7.90. The molecule has 1 aromatic carbocycles. The fourth-order valence-corrected chi connectivity index (χ4v) is 1.92. The van der Waals surface area contributed by atoms with Gasteiger partial charge in [-0.05, 0) is 24.8 Å². The second-order valence-corrected chi connectivity index (χ2v) is 3.94. The molecule has 1 atom stereocenters. The quantitative estimate of drug-likeness (QED) is 0.775. The van der Waals surface area contributed by atoms with Gasteiger partial charge in [0, 0.05) is 11.6 Å². The van der Waals surface area contributed by atoms with Crippen molar-refractivity contribution in [3.63, 3.8) is 0 Å². The molecule has 1 heterocycles. The summed E-state index contributed by atoms with van der Waals surface area (Å²) in [5, 5.41) is 0. The SMILES string of the molecule is N[C@H](c1cccc2c1OCO2)C1CC1. The van der Waals surface area contributed by atoms with Crippen LogP contribution in [0.4, 0.5) is 0 Å². The number of para-hydroxylation sites is 1. The van der Waals surface area contributed by atoms with Crippen molar-refractivity contribution < 1.29 is 9.47 Å². The first-order valence-electron chi connectivity index (χ1n) is 5.00. The first kappa shape index (κ1) is 8.12. The van der Waals surface area contributed by atoms with Crippen molar-refractivity contribution in [2.75, 3.05) is 6.79 Å². The van der Waals surface area contributed by atoms with Crippen molar-refractivity contribution in [1.29, 1.82) is 0 Å². The van der Waals surface area contributed by atoms with E-state index in [0.717, 1.165) is 17.1 Å². The minimum atomic E-state index is 0.117. The minimum absolute atomic E-state index is 0.117. The highest BCUT2D eigenvalue weighted by molar-refractivity contribution is 5.49. The van der Waals surface area contributed by atoms with Gasteiger partial charge in [0.25, 0.3) is 0 Å². The van der Waals surface area contributed by atoms with Crippen LogP contribution in [-0.2, 0) is 0 Å². The fourth-order valence-electron chi connectivity index (χ4n) is 1.92. The largest absolute Gasteiger partial charge is 0.454 e. The van der Waals surface area contributed by atoms with Crippen LogP contribution in [0.5, 0.6) is 11.5 Å². The second-order valence-electron chi connectivity index (χ2n) is 3.94. The molecule has 1 fully saturated rings. The normalized spacial score (nSPS) is 20.9. The molecule has 3 nitrogen and oxygen atoms in total. The van der Waals surface area contributed by atoms with Crippen LogP contribution >= 0.6 is 0 Å². The van der Waals surface area contributed by atoms with Crippen LogP contribution in [0.3, 0.4) is 0 Å². The first-order valence-corrected chi connectivity index (χ1v) is 5.00. The molecule has 2 aliphatic rings. The smallest absolute Gasteiger partial charge is 0.231 e. The Balaban J connectivity index is 2.00. The molecule has 0 aromatic heterocycles. The van der Waals surface area contributed by atoms with Crippen molar-refractivity contribution >= 4 is 0 Å². The molecule has 14 heavy (non-hydrogen) atoms.